The van der Waals surface area contributed by atoms with E-state index in [-0.39, 0.29) is 0 Å². The second-order valence-corrected chi connectivity index (χ2v) is 3.28. The minimum absolute atomic E-state index is 0.972. The Balaban J connectivity index is 2.93. The number of aryl methyl sites for hydroxylation is 2. The first-order valence-corrected chi connectivity index (χ1v) is 4.09. The third kappa shape index (κ3) is 2.42. The monoisotopic (exact) mass is 161 g/mol. The van der Waals surface area contributed by atoms with Crippen molar-refractivity contribution in [1.82, 2.24) is 0 Å². The molecule has 0 bridgehead atoms. The molecule has 0 spiro atoms. The third-order valence-corrected chi connectivity index (χ3v) is 1.58. The average molecular weight is 161 g/mol. The van der Waals surface area contributed by atoms with Gasteiger partial charge >= 0.3 is 0 Å². The number of hydrogen-bond donors (Lipinski definition) is 1. The van der Waals surface area contributed by atoms with Crippen molar-refractivity contribution in [3.05, 3.63) is 41.6 Å². The normalized spacial score (nSPS) is 9.58. The summed E-state index contributed by atoms with van der Waals surface area (Å²) in [4.78, 5) is 0. The minimum atomic E-state index is 0.972. The Labute approximate surface area is 74.1 Å². The Morgan fingerprint density at radius 3 is 2.08 bits per heavy atom. The largest absolute Gasteiger partial charge is 0.360 e. The molecule has 0 fully saturated rings. The van der Waals surface area contributed by atoms with Gasteiger partial charge in [0.2, 0.25) is 0 Å². The molecule has 0 aliphatic heterocycles. The molecule has 0 unspecified atom stereocenters. The fourth-order valence-corrected chi connectivity index (χ4v) is 1.29. The van der Waals surface area contributed by atoms with E-state index in [9.17, 15) is 0 Å². The fraction of sp³-hybridized carbons (Fsp3) is 0.273. The zero-order valence-electron chi connectivity index (χ0n) is 7.94. The van der Waals surface area contributed by atoms with Crippen LogP contribution in [0.5, 0.6) is 0 Å². The first kappa shape index (κ1) is 8.85. The van der Waals surface area contributed by atoms with Gasteiger partial charge in [-0.05, 0) is 44.0 Å². The quantitative estimate of drug-likeness (QED) is 0.702. The summed E-state index contributed by atoms with van der Waals surface area (Å²) in [5.41, 5.74) is 4.65. The smallest absolute Gasteiger partial charge is 0.0386 e. The van der Waals surface area contributed by atoms with Gasteiger partial charge in [-0.1, -0.05) is 12.6 Å². The van der Waals surface area contributed by atoms with Crippen molar-refractivity contribution in [2.75, 3.05) is 5.32 Å². The number of rotatable bonds is 2. The van der Waals surface area contributed by atoms with Crippen LogP contribution in [0.15, 0.2) is 30.5 Å². The van der Waals surface area contributed by atoms with Crippen LogP contribution in [0.3, 0.4) is 0 Å². The Morgan fingerprint density at radius 1 is 1.17 bits per heavy atom. The van der Waals surface area contributed by atoms with Gasteiger partial charge in [-0.3, -0.25) is 0 Å². The second kappa shape index (κ2) is 3.44. The molecule has 0 aliphatic rings. The molecule has 1 heteroatoms. The van der Waals surface area contributed by atoms with Gasteiger partial charge in [0.1, 0.15) is 0 Å². The first-order chi connectivity index (χ1) is 5.58. The molecule has 0 amide bonds. The molecule has 0 aliphatic carbocycles. The fourth-order valence-electron chi connectivity index (χ4n) is 1.29. The molecule has 1 nitrogen and oxygen atoms in total. The summed E-state index contributed by atoms with van der Waals surface area (Å²) in [6.07, 6.45) is 0. The van der Waals surface area contributed by atoms with Crippen molar-refractivity contribution in [2.45, 2.75) is 20.8 Å². The highest BCUT2D eigenvalue weighted by Gasteiger charge is 1.93. The van der Waals surface area contributed by atoms with E-state index in [0.717, 1.165) is 11.4 Å². The topological polar surface area (TPSA) is 12.0 Å². The van der Waals surface area contributed by atoms with Gasteiger partial charge in [0.05, 0.1) is 0 Å². The maximum Gasteiger partial charge on any atom is 0.0386 e. The number of hydrogen-bond acceptors (Lipinski definition) is 1. The second-order valence-electron chi connectivity index (χ2n) is 3.28. The zero-order chi connectivity index (χ0) is 9.14. The summed E-state index contributed by atoms with van der Waals surface area (Å²) >= 11 is 0. The van der Waals surface area contributed by atoms with Crippen LogP contribution in [0.25, 0.3) is 0 Å². The van der Waals surface area contributed by atoms with Crippen molar-refractivity contribution in [1.29, 1.82) is 0 Å². The third-order valence-electron chi connectivity index (χ3n) is 1.58. The van der Waals surface area contributed by atoms with E-state index in [1.807, 2.05) is 6.92 Å². The molecular weight excluding hydrogens is 146 g/mol. The van der Waals surface area contributed by atoms with Crippen LogP contribution in [-0.4, -0.2) is 0 Å². The van der Waals surface area contributed by atoms with Gasteiger partial charge in [0, 0.05) is 11.4 Å². The van der Waals surface area contributed by atoms with Gasteiger partial charge < -0.3 is 5.32 Å². The molecular formula is C11H15N. The molecule has 0 atom stereocenters. The van der Waals surface area contributed by atoms with Crippen molar-refractivity contribution in [3.8, 4) is 0 Å². The van der Waals surface area contributed by atoms with Gasteiger partial charge in [-0.15, -0.1) is 0 Å². The van der Waals surface area contributed by atoms with Crippen LogP contribution >= 0.6 is 0 Å². The highest BCUT2D eigenvalue weighted by Crippen LogP contribution is 2.14. The minimum Gasteiger partial charge on any atom is -0.360 e. The van der Waals surface area contributed by atoms with E-state index in [2.05, 4.69) is 43.9 Å². The molecule has 1 N–H and O–H groups in total. The van der Waals surface area contributed by atoms with E-state index in [1.165, 1.54) is 11.1 Å². The number of benzene rings is 1. The highest BCUT2D eigenvalue weighted by molar-refractivity contribution is 5.51. The van der Waals surface area contributed by atoms with E-state index in [1.54, 1.807) is 0 Å². The summed E-state index contributed by atoms with van der Waals surface area (Å²) in [5, 5.41) is 3.19. The van der Waals surface area contributed by atoms with E-state index < -0.39 is 0 Å². The summed E-state index contributed by atoms with van der Waals surface area (Å²) < 4.78 is 0. The Bertz CT molecular complexity index is 280. The average Bonchev–Trinajstić information content (AvgIpc) is 1.81. The summed E-state index contributed by atoms with van der Waals surface area (Å²) in [6.45, 7) is 9.94. The van der Waals surface area contributed by atoms with Crippen molar-refractivity contribution in [2.24, 2.45) is 0 Å². The predicted molar refractivity (Wildman–Crippen MR) is 54.4 cm³/mol. The molecule has 0 saturated heterocycles. The van der Waals surface area contributed by atoms with Crippen molar-refractivity contribution < 1.29 is 0 Å². The standard InChI is InChI=1S/C11H15N/c1-8(2)12-11-6-9(3)5-10(4)7-11/h5-7,12H,1H2,2-4H3. The Morgan fingerprint density at radius 2 is 1.67 bits per heavy atom. The number of nitrogens with one attached hydrogen (secondary N) is 1. The lowest BCUT2D eigenvalue weighted by atomic mass is 10.1. The number of anilines is 1. The molecule has 1 rings (SSSR count). The molecule has 1 aromatic rings. The lowest BCUT2D eigenvalue weighted by Gasteiger charge is -2.07. The van der Waals surface area contributed by atoms with E-state index in [4.69, 9.17) is 0 Å². The van der Waals surface area contributed by atoms with Crippen LogP contribution < -0.4 is 5.32 Å². The first-order valence-electron chi connectivity index (χ1n) is 4.09. The molecule has 0 radical (unpaired) electrons. The summed E-state index contributed by atoms with van der Waals surface area (Å²) in [5.74, 6) is 0. The van der Waals surface area contributed by atoms with Gasteiger partial charge in [-0.25, -0.2) is 0 Å². The van der Waals surface area contributed by atoms with E-state index in [0.29, 0.717) is 0 Å². The summed E-state index contributed by atoms with van der Waals surface area (Å²) in [7, 11) is 0. The maximum absolute atomic E-state index is 3.80. The lowest BCUT2D eigenvalue weighted by Crippen LogP contribution is -1.94. The molecule has 1 aromatic carbocycles. The van der Waals surface area contributed by atoms with Crippen LogP contribution in [0.1, 0.15) is 18.1 Å². The number of allylic oxidation sites excluding steroid dienone is 1. The van der Waals surface area contributed by atoms with Gasteiger partial charge in [0.25, 0.3) is 0 Å². The molecule has 0 aromatic heterocycles. The maximum atomic E-state index is 3.80. The summed E-state index contributed by atoms with van der Waals surface area (Å²) in [6, 6.07) is 6.38. The Kier molecular flexibility index (Phi) is 2.54. The predicted octanol–water partition coefficient (Wildman–Crippen LogP) is 3.25. The van der Waals surface area contributed by atoms with Crippen LogP contribution in [0, 0.1) is 13.8 Å². The van der Waals surface area contributed by atoms with Gasteiger partial charge in [-0.2, -0.15) is 0 Å². The van der Waals surface area contributed by atoms with Gasteiger partial charge in [0.15, 0.2) is 0 Å². The molecule has 12 heavy (non-hydrogen) atoms. The van der Waals surface area contributed by atoms with Crippen molar-refractivity contribution >= 4 is 5.69 Å². The lowest BCUT2D eigenvalue weighted by molar-refractivity contribution is 1.34. The molecule has 64 valence electrons. The Hall–Kier alpha value is -1.24. The zero-order valence-corrected chi connectivity index (χ0v) is 7.94. The van der Waals surface area contributed by atoms with Crippen LogP contribution in [0.4, 0.5) is 5.69 Å². The molecule has 0 heterocycles. The van der Waals surface area contributed by atoms with Crippen molar-refractivity contribution in [3.63, 3.8) is 0 Å². The van der Waals surface area contributed by atoms with Crippen LogP contribution in [0.2, 0.25) is 0 Å². The van der Waals surface area contributed by atoms with Crippen LogP contribution in [-0.2, 0) is 0 Å². The SMILES string of the molecule is C=C(C)Nc1cc(C)cc(C)c1. The highest BCUT2D eigenvalue weighted by atomic mass is 14.9. The molecule has 0 saturated carbocycles. The van der Waals surface area contributed by atoms with E-state index >= 15 is 0 Å².